The summed E-state index contributed by atoms with van der Waals surface area (Å²) >= 11 is 0. The molecule has 0 rings (SSSR count). The molecule has 0 heterocycles. The third kappa shape index (κ3) is 4.52. The Morgan fingerprint density at radius 1 is 1.15 bits per heavy atom. The second-order valence-corrected chi connectivity index (χ2v) is 5.76. The van der Waals surface area contributed by atoms with Gasteiger partial charge in [0.25, 0.3) is 20.2 Å². The van der Waals surface area contributed by atoms with Gasteiger partial charge in [-0.1, -0.05) is 6.92 Å². The molecule has 0 aromatic carbocycles. The van der Waals surface area contributed by atoms with E-state index in [0.717, 1.165) is 0 Å². The SMILES string of the molecule is CCNCC(S(=O)(=O)O)S(=O)(=O)O. The highest BCUT2D eigenvalue weighted by Gasteiger charge is 2.34. The minimum absolute atomic E-state index is 0.321. The molecule has 3 N–H and O–H groups in total. The Morgan fingerprint density at radius 3 is 1.77 bits per heavy atom. The zero-order valence-corrected chi connectivity index (χ0v) is 8.47. The summed E-state index contributed by atoms with van der Waals surface area (Å²) in [5, 5.41) is 2.38. The average Bonchev–Trinajstić information content (AvgIpc) is 1.81. The lowest BCUT2D eigenvalue weighted by atomic mass is 10.7. The lowest BCUT2D eigenvalue weighted by Gasteiger charge is -2.10. The molecule has 0 saturated carbocycles. The van der Waals surface area contributed by atoms with E-state index < -0.39 is 31.4 Å². The van der Waals surface area contributed by atoms with Crippen LogP contribution in [0.15, 0.2) is 0 Å². The van der Waals surface area contributed by atoms with Crippen LogP contribution >= 0.6 is 0 Å². The molecular formula is C4H11NO6S2. The molecule has 0 radical (unpaired) electrons. The predicted molar refractivity (Wildman–Crippen MR) is 45.4 cm³/mol. The molecule has 7 nitrogen and oxygen atoms in total. The van der Waals surface area contributed by atoms with Gasteiger partial charge in [0.15, 0.2) is 0 Å². The number of hydrogen-bond donors (Lipinski definition) is 3. The summed E-state index contributed by atoms with van der Waals surface area (Å²) in [5.74, 6) is 0. The maximum atomic E-state index is 10.5. The summed E-state index contributed by atoms with van der Waals surface area (Å²) in [6, 6.07) is 0. The van der Waals surface area contributed by atoms with E-state index in [0.29, 0.717) is 6.54 Å². The van der Waals surface area contributed by atoms with Gasteiger partial charge in [-0.15, -0.1) is 0 Å². The summed E-state index contributed by atoms with van der Waals surface area (Å²) in [7, 11) is -9.59. The highest BCUT2D eigenvalue weighted by atomic mass is 32.3. The lowest BCUT2D eigenvalue weighted by Crippen LogP contribution is -2.39. The second-order valence-electron chi connectivity index (χ2n) is 2.27. The fraction of sp³-hybridized carbons (Fsp3) is 1.00. The molecule has 80 valence electrons. The summed E-state index contributed by atoms with van der Waals surface area (Å²) < 4.78 is 56.5. The molecule has 0 aromatic heterocycles. The quantitative estimate of drug-likeness (QED) is 0.504. The minimum atomic E-state index is -4.80. The zero-order chi connectivity index (χ0) is 10.7. The van der Waals surface area contributed by atoms with Gasteiger partial charge in [0.1, 0.15) is 0 Å². The van der Waals surface area contributed by atoms with Gasteiger partial charge in [-0.2, -0.15) is 16.8 Å². The Morgan fingerprint density at radius 2 is 1.54 bits per heavy atom. The Balaban J connectivity index is 4.81. The van der Waals surface area contributed by atoms with Crippen LogP contribution in [-0.4, -0.2) is 43.6 Å². The Kier molecular flexibility index (Phi) is 4.26. The van der Waals surface area contributed by atoms with E-state index in [9.17, 15) is 16.8 Å². The molecule has 0 spiro atoms. The van der Waals surface area contributed by atoms with E-state index in [1.54, 1.807) is 6.92 Å². The van der Waals surface area contributed by atoms with E-state index >= 15 is 0 Å². The molecule has 0 aromatic rings. The van der Waals surface area contributed by atoms with Crippen LogP contribution < -0.4 is 5.32 Å². The van der Waals surface area contributed by atoms with Crippen LogP contribution in [0.2, 0.25) is 0 Å². The van der Waals surface area contributed by atoms with Crippen molar-refractivity contribution < 1.29 is 25.9 Å². The van der Waals surface area contributed by atoms with Crippen molar-refractivity contribution in [3.63, 3.8) is 0 Å². The molecule has 13 heavy (non-hydrogen) atoms. The topological polar surface area (TPSA) is 121 Å². The highest BCUT2D eigenvalue weighted by molar-refractivity contribution is 8.04. The first-order valence-electron chi connectivity index (χ1n) is 3.33. The van der Waals surface area contributed by atoms with Crippen LogP contribution in [0.25, 0.3) is 0 Å². The van der Waals surface area contributed by atoms with Crippen molar-refractivity contribution in [3.05, 3.63) is 0 Å². The second kappa shape index (κ2) is 4.33. The zero-order valence-electron chi connectivity index (χ0n) is 6.84. The van der Waals surface area contributed by atoms with E-state index in [1.807, 2.05) is 0 Å². The number of rotatable bonds is 5. The van der Waals surface area contributed by atoms with E-state index in [1.165, 1.54) is 0 Å². The Bertz CT molecular complexity index is 311. The maximum Gasteiger partial charge on any atom is 0.286 e. The first-order chi connectivity index (χ1) is 5.69. The summed E-state index contributed by atoms with van der Waals surface area (Å²) in [4.78, 5) is 0. The maximum absolute atomic E-state index is 10.5. The molecule has 0 aliphatic heterocycles. The van der Waals surface area contributed by atoms with Gasteiger partial charge in [0, 0.05) is 6.54 Å². The van der Waals surface area contributed by atoms with Crippen molar-refractivity contribution in [1.82, 2.24) is 5.32 Å². The summed E-state index contributed by atoms with van der Waals surface area (Å²) in [6.07, 6.45) is 0. The first-order valence-corrected chi connectivity index (χ1v) is 6.33. The van der Waals surface area contributed by atoms with Gasteiger partial charge in [-0.25, -0.2) is 0 Å². The molecule has 9 heteroatoms. The van der Waals surface area contributed by atoms with E-state index in [4.69, 9.17) is 9.11 Å². The van der Waals surface area contributed by atoms with Crippen LogP contribution in [0.4, 0.5) is 0 Å². The Labute approximate surface area is 76.6 Å². The van der Waals surface area contributed by atoms with Crippen molar-refractivity contribution >= 4 is 20.2 Å². The highest BCUT2D eigenvalue weighted by Crippen LogP contribution is 2.04. The Hall–Kier alpha value is -0.220. The normalized spacial score (nSPS) is 13.5. The number of hydrogen-bond acceptors (Lipinski definition) is 5. The molecule has 0 saturated heterocycles. The summed E-state index contributed by atoms with van der Waals surface area (Å²) in [6.45, 7) is 1.39. The van der Waals surface area contributed by atoms with Crippen LogP contribution in [0.3, 0.4) is 0 Å². The molecule has 0 fully saturated rings. The fourth-order valence-corrected chi connectivity index (χ4v) is 2.51. The van der Waals surface area contributed by atoms with Crippen LogP contribution in [0, 0.1) is 0 Å². The predicted octanol–water partition coefficient (Wildman–Crippen LogP) is -1.30. The molecule has 0 atom stereocenters. The third-order valence-electron chi connectivity index (χ3n) is 1.23. The fourth-order valence-electron chi connectivity index (χ4n) is 0.626. The molecule has 0 aliphatic carbocycles. The monoisotopic (exact) mass is 233 g/mol. The van der Waals surface area contributed by atoms with Crippen molar-refractivity contribution in [2.75, 3.05) is 13.1 Å². The number of nitrogens with one attached hydrogen (secondary N) is 1. The molecular weight excluding hydrogens is 222 g/mol. The first kappa shape index (κ1) is 12.8. The van der Waals surface area contributed by atoms with Crippen molar-refractivity contribution in [2.24, 2.45) is 0 Å². The van der Waals surface area contributed by atoms with Crippen LogP contribution in [0.1, 0.15) is 6.92 Å². The van der Waals surface area contributed by atoms with Crippen molar-refractivity contribution in [2.45, 2.75) is 11.5 Å². The van der Waals surface area contributed by atoms with Gasteiger partial charge in [-0.3, -0.25) is 9.11 Å². The summed E-state index contributed by atoms with van der Waals surface area (Å²) in [5.41, 5.74) is 0. The smallest absolute Gasteiger partial charge is 0.286 e. The molecule has 0 unspecified atom stereocenters. The van der Waals surface area contributed by atoms with Crippen LogP contribution in [0.5, 0.6) is 0 Å². The minimum Gasteiger partial charge on any atom is -0.314 e. The lowest BCUT2D eigenvalue weighted by molar-refractivity contribution is 0.451. The third-order valence-corrected chi connectivity index (χ3v) is 4.35. The van der Waals surface area contributed by atoms with Gasteiger partial charge in [0.05, 0.1) is 0 Å². The van der Waals surface area contributed by atoms with Gasteiger partial charge in [-0.05, 0) is 6.54 Å². The van der Waals surface area contributed by atoms with Gasteiger partial charge < -0.3 is 5.32 Å². The molecule has 0 bridgehead atoms. The van der Waals surface area contributed by atoms with Crippen LogP contribution in [-0.2, 0) is 20.2 Å². The standard InChI is InChI=1S/C4H11NO6S2/c1-2-5-3-4(12(6,7)8)13(9,10)11/h4-5H,2-3H2,1H3,(H,6,7,8)(H,9,10,11). The van der Waals surface area contributed by atoms with Gasteiger partial charge >= 0.3 is 0 Å². The molecule has 0 amide bonds. The van der Waals surface area contributed by atoms with Crippen molar-refractivity contribution in [1.29, 1.82) is 0 Å². The average molecular weight is 233 g/mol. The van der Waals surface area contributed by atoms with E-state index in [2.05, 4.69) is 5.32 Å². The molecule has 0 aliphatic rings. The van der Waals surface area contributed by atoms with E-state index in [-0.39, 0.29) is 0 Å². The van der Waals surface area contributed by atoms with Gasteiger partial charge in [0.2, 0.25) is 4.58 Å². The largest absolute Gasteiger partial charge is 0.314 e. The van der Waals surface area contributed by atoms with Crippen molar-refractivity contribution in [3.8, 4) is 0 Å².